The van der Waals surface area contributed by atoms with Gasteiger partial charge in [0.25, 0.3) is 5.91 Å². The minimum atomic E-state index is -0.193. The minimum absolute atomic E-state index is 0.126. The Bertz CT molecular complexity index is 689. The zero-order chi connectivity index (χ0) is 15.6. The van der Waals surface area contributed by atoms with Gasteiger partial charge >= 0.3 is 0 Å². The number of carbonyl (C=O) groups is 2. The van der Waals surface area contributed by atoms with E-state index in [2.05, 4.69) is 5.10 Å². The molecule has 6 nitrogen and oxygen atoms in total. The summed E-state index contributed by atoms with van der Waals surface area (Å²) in [5.41, 5.74) is 1.34. The van der Waals surface area contributed by atoms with Gasteiger partial charge in [0.1, 0.15) is 5.75 Å². The number of hydrogen-bond donors (Lipinski definition) is 0. The summed E-state index contributed by atoms with van der Waals surface area (Å²) in [6.07, 6.45) is 1.65. The lowest BCUT2D eigenvalue weighted by atomic mass is 10.1. The van der Waals surface area contributed by atoms with Crippen LogP contribution in [0.15, 0.2) is 30.5 Å². The predicted octanol–water partition coefficient (Wildman–Crippen LogP) is 1.79. The maximum absolute atomic E-state index is 11.9. The van der Waals surface area contributed by atoms with Gasteiger partial charge in [-0.05, 0) is 25.1 Å². The molecule has 2 rings (SSSR count). The first-order chi connectivity index (χ1) is 9.95. The molecule has 110 valence electrons. The number of nitrogens with zero attached hydrogens (tertiary/aromatic N) is 3. The molecule has 1 aromatic carbocycles. The van der Waals surface area contributed by atoms with E-state index in [-0.39, 0.29) is 11.7 Å². The molecule has 21 heavy (non-hydrogen) atoms. The Morgan fingerprint density at radius 3 is 2.52 bits per heavy atom. The highest BCUT2D eigenvalue weighted by atomic mass is 16.5. The summed E-state index contributed by atoms with van der Waals surface area (Å²) in [7, 11) is 4.83. The maximum Gasteiger partial charge on any atom is 0.273 e. The number of Topliss-reactive ketones (excluding diaryl/α,β-unsaturated/α-hetero) is 1. The second-order valence-corrected chi connectivity index (χ2v) is 4.76. The lowest BCUT2D eigenvalue weighted by molar-refractivity contribution is 0.0821. The molecule has 0 atom stereocenters. The molecule has 0 N–H and O–H groups in total. The smallest absolute Gasteiger partial charge is 0.273 e. The highest BCUT2D eigenvalue weighted by Crippen LogP contribution is 2.25. The van der Waals surface area contributed by atoms with Crippen molar-refractivity contribution < 1.29 is 14.3 Å². The van der Waals surface area contributed by atoms with Crippen LogP contribution < -0.4 is 4.74 Å². The van der Waals surface area contributed by atoms with Crippen LogP contribution in [-0.4, -0.2) is 47.6 Å². The second kappa shape index (κ2) is 5.78. The molecule has 0 aliphatic heterocycles. The summed E-state index contributed by atoms with van der Waals surface area (Å²) in [5.74, 6) is 0.162. The Morgan fingerprint density at radius 2 is 1.95 bits per heavy atom. The van der Waals surface area contributed by atoms with E-state index in [9.17, 15) is 9.59 Å². The quantitative estimate of drug-likeness (QED) is 0.804. The van der Waals surface area contributed by atoms with Crippen molar-refractivity contribution in [3.63, 3.8) is 0 Å². The normalized spacial score (nSPS) is 10.3. The van der Waals surface area contributed by atoms with Crippen LogP contribution in [0, 0.1) is 0 Å². The number of benzene rings is 1. The van der Waals surface area contributed by atoms with E-state index in [0.717, 1.165) is 0 Å². The second-order valence-electron chi connectivity index (χ2n) is 4.76. The summed E-state index contributed by atoms with van der Waals surface area (Å²) in [6.45, 7) is 1.47. The predicted molar refractivity (Wildman–Crippen MR) is 78.1 cm³/mol. The van der Waals surface area contributed by atoms with E-state index in [4.69, 9.17) is 4.74 Å². The third kappa shape index (κ3) is 2.79. The van der Waals surface area contributed by atoms with Gasteiger partial charge in [0.2, 0.25) is 0 Å². The number of aromatic nitrogens is 2. The number of carbonyl (C=O) groups excluding carboxylic acids is 2. The lowest BCUT2D eigenvalue weighted by Gasteiger charge is -2.11. The van der Waals surface area contributed by atoms with Crippen LogP contribution in [-0.2, 0) is 0 Å². The number of rotatable bonds is 4. The van der Waals surface area contributed by atoms with E-state index >= 15 is 0 Å². The number of methoxy groups -OCH3 is 1. The topological polar surface area (TPSA) is 64.4 Å². The molecule has 1 aromatic heterocycles. The van der Waals surface area contributed by atoms with Gasteiger partial charge in [0.05, 0.1) is 18.4 Å². The SMILES string of the molecule is COc1cccc(-n2ccc(C(=O)N(C)C)n2)c1C(C)=O. The van der Waals surface area contributed by atoms with Gasteiger partial charge in [0.15, 0.2) is 11.5 Å². The Hall–Kier alpha value is -2.63. The third-order valence-corrected chi connectivity index (χ3v) is 3.04. The van der Waals surface area contributed by atoms with Crippen molar-refractivity contribution in [3.05, 3.63) is 41.7 Å². The molecule has 6 heteroatoms. The summed E-state index contributed by atoms with van der Waals surface area (Å²) in [6, 6.07) is 6.87. The largest absolute Gasteiger partial charge is 0.496 e. The Morgan fingerprint density at radius 1 is 1.24 bits per heavy atom. The van der Waals surface area contributed by atoms with Gasteiger partial charge in [-0.15, -0.1) is 0 Å². The van der Waals surface area contributed by atoms with Crippen molar-refractivity contribution in [1.29, 1.82) is 0 Å². The molecule has 0 radical (unpaired) electrons. The first kappa shape index (κ1) is 14.8. The Balaban J connectivity index is 2.53. The monoisotopic (exact) mass is 287 g/mol. The molecular weight excluding hydrogens is 270 g/mol. The zero-order valence-corrected chi connectivity index (χ0v) is 12.5. The fourth-order valence-electron chi connectivity index (χ4n) is 2.04. The number of ether oxygens (including phenoxy) is 1. The van der Waals surface area contributed by atoms with Crippen LogP contribution in [0.5, 0.6) is 5.75 Å². The van der Waals surface area contributed by atoms with Crippen molar-refractivity contribution in [2.75, 3.05) is 21.2 Å². The van der Waals surface area contributed by atoms with Crippen LogP contribution in [0.25, 0.3) is 5.69 Å². The first-order valence-corrected chi connectivity index (χ1v) is 6.41. The molecular formula is C15H17N3O3. The summed E-state index contributed by atoms with van der Waals surface area (Å²) >= 11 is 0. The average Bonchev–Trinajstić information content (AvgIpc) is 2.94. The van der Waals surface area contributed by atoms with Crippen molar-refractivity contribution in [1.82, 2.24) is 14.7 Å². The van der Waals surface area contributed by atoms with Crippen LogP contribution in [0.4, 0.5) is 0 Å². The lowest BCUT2D eigenvalue weighted by Crippen LogP contribution is -2.22. The fraction of sp³-hybridized carbons (Fsp3) is 0.267. The molecule has 0 unspecified atom stereocenters. The van der Waals surface area contributed by atoms with Crippen LogP contribution in [0.2, 0.25) is 0 Å². The zero-order valence-electron chi connectivity index (χ0n) is 12.5. The molecule has 0 spiro atoms. The first-order valence-electron chi connectivity index (χ1n) is 6.41. The van der Waals surface area contributed by atoms with E-state index in [1.807, 2.05) is 0 Å². The van der Waals surface area contributed by atoms with Gasteiger partial charge in [-0.25, -0.2) is 4.68 Å². The Labute approximate surface area is 122 Å². The molecule has 1 heterocycles. The standard InChI is InChI=1S/C15H17N3O3/c1-10(19)14-12(6-5-7-13(14)21-4)18-9-8-11(16-18)15(20)17(2)3/h5-9H,1-4H3. The van der Waals surface area contributed by atoms with Crippen molar-refractivity contribution in [3.8, 4) is 11.4 Å². The van der Waals surface area contributed by atoms with Gasteiger partial charge in [-0.1, -0.05) is 6.07 Å². The minimum Gasteiger partial charge on any atom is -0.496 e. The van der Waals surface area contributed by atoms with E-state index in [1.54, 1.807) is 44.6 Å². The number of hydrogen-bond acceptors (Lipinski definition) is 4. The third-order valence-electron chi connectivity index (χ3n) is 3.04. The molecule has 0 bridgehead atoms. The Kier molecular flexibility index (Phi) is 4.07. The highest BCUT2D eigenvalue weighted by Gasteiger charge is 2.17. The molecule has 1 amide bonds. The van der Waals surface area contributed by atoms with Crippen molar-refractivity contribution in [2.24, 2.45) is 0 Å². The van der Waals surface area contributed by atoms with Gasteiger partial charge in [-0.2, -0.15) is 5.10 Å². The molecule has 0 aliphatic carbocycles. The van der Waals surface area contributed by atoms with Gasteiger partial charge < -0.3 is 9.64 Å². The molecule has 0 fully saturated rings. The molecule has 0 aliphatic rings. The fourth-order valence-corrected chi connectivity index (χ4v) is 2.04. The van der Waals surface area contributed by atoms with Crippen LogP contribution in [0.3, 0.4) is 0 Å². The van der Waals surface area contributed by atoms with Crippen LogP contribution in [0.1, 0.15) is 27.8 Å². The average molecular weight is 287 g/mol. The van der Waals surface area contributed by atoms with E-state index in [1.165, 1.54) is 23.6 Å². The maximum atomic E-state index is 11.9. The summed E-state index contributed by atoms with van der Waals surface area (Å²) in [5, 5.41) is 4.24. The number of ketones is 1. The molecule has 2 aromatic rings. The van der Waals surface area contributed by atoms with E-state index < -0.39 is 0 Å². The van der Waals surface area contributed by atoms with Gasteiger partial charge in [-0.3, -0.25) is 9.59 Å². The summed E-state index contributed by atoms with van der Waals surface area (Å²) < 4.78 is 6.73. The number of amides is 1. The van der Waals surface area contributed by atoms with Crippen LogP contribution >= 0.6 is 0 Å². The van der Waals surface area contributed by atoms with Gasteiger partial charge in [0, 0.05) is 20.3 Å². The summed E-state index contributed by atoms with van der Waals surface area (Å²) in [4.78, 5) is 25.2. The van der Waals surface area contributed by atoms with Crippen molar-refractivity contribution in [2.45, 2.75) is 6.92 Å². The van der Waals surface area contributed by atoms with Crippen molar-refractivity contribution >= 4 is 11.7 Å². The molecule has 0 saturated heterocycles. The molecule has 0 saturated carbocycles. The van der Waals surface area contributed by atoms with E-state index in [0.29, 0.717) is 22.7 Å². The highest BCUT2D eigenvalue weighted by molar-refractivity contribution is 6.00.